The van der Waals surface area contributed by atoms with E-state index < -0.39 is 6.09 Å². The van der Waals surface area contributed by atoms with E-state index >= 15 is 0 Å². The number of methoxy groups -OCH3 is 1. The van der Waals surface area contributed by atoms with Crippen LogP contribution in [0.15, 0.2) is 0 Å². The number of amides is 1. The fourth-order valence-corrected chi connectivity index (χ4v) is 0.544. The first-order valence-electron chi connectivity index (χ1n) is 4.06. The summed E-state index contributed by atoms with van der Waals surface area (Å²) < 4.78 is 9.10. The summed E-state index contributed by atoms with van der Waals surface area (Å²) in [6.45, 7) is 3.93. The molecule has 0 aromatic heterocycles. The molecule has 0 unspecified atom stereocenters. The number of nitrogens with one attached hydrogen (secondary N) is 1. The fourth-order valence-electron chi connectivity index (χ4n) is 0.544. The van der Waals surface area contributed by atoms with Crippen molar-refractivity contribution in [3.8, 4) is 0 Å². The van der Waals surface area contributed by atoms with Crippen LogP contribution in [-0.4, -0.2) is 32.3 Å². The van der Waals surface area contributed by atoms with Gasteiger partial charge in [-0.1, -0.05) is 13.8 Å². The highest BCUT2D eigenvalue weighted by molar-refractivity contribution is 5.71. The van der Waals surface area contributed by atoms with Crippen LogP contribution in [0.1, 0.15) is 13.8 Å². The molecule has 0 radical (unpaired) electrons. The van der Waals surface area contributed by atoms with Gasteiger partial charge < -0.3 is 14.8 Å². The minimum atomic E-state index is -0.527. The fraction of sp³-hybridized carbons (Fsp3) is 0.750. The maximum Gasteiger partial charge on any atom is 0.406 e. The van der Waals surface area contributed by atoms with Crippen molar-refractivity contribution in [3.63, 3.8) is 0 Å². The molecule has 13 heavy (non-hydrogen) atoms. The van der Waals surface area contributed by atoms with Crippen molar-refractivity contribution in [2.75, 3.05) is 20.3 Å². The minimum Gasteiger partial charge on any atom is -0.464 e. The minimum absolute atomic E-state index is 0.141. The van der Waals surface area contributed by atoms with Gasteiger partial charge in [0.2, 0.25) is 0 Å². The van der Waals surface area contributed by atoms with Crippen molar-refractivity contribution < 1.29 is 19.1 Å². The highest BCUT2D eigenvalue weighted by Gasteiger charge is 2.07. The molecule has 1 amide bonds. The normalized spacial score (nSPS) is 9.54. The summed E-state index contributed by atoms with van der Waals surface area (Å²) in [5.74, 6) is -0.412. The Morgan fingerprint density at radius 2 is 2.00 bits per heavy atom. The zero-order valence-corrected chi connectivity index (χ0v) is 8.12. The van der Waals surface area contributed by atoms with Gasteiger partial charge >= 0.3 is 12.1 Å². The van der Waals surface area contributed by atoms with Gasteiger partial charge in [0.1, 0.15) is 6.61 Å². The van der Waals surface area contributed by atoms with Crippen molar-refractivity contribution in [2.45, 2.75) is 13.8 Å². The van der Waals surface area contributed by atoms with Crippen molar-refractivity contribution >= 4 is 12.1 Å². The van der Waals surface area contributed by atoms with Crippen LogP contribution in [0.2, 0.25) is 0 Å². The predicted octanol–water partition coefficient (Wildman–Crippen LogP) is 0.542. The summed E-state index contributed by atoms with van der Waals surface area (Å²) in [6.07, 6.45) is -0.527. The SMILES string of the molecule is COC(=O)NCCOC(=O)C(C)C. The summed E-state index contributed by atoms with van der Waals surface area (Å²) in [5, 5.41) is 2.39. The van der Waals surface area contributed by atoms with Gasteiger partial charge in [0.25, 0.3) is 0 Å². The van der Waals surface area contributed by atoms with E-state index in [-0.39, 0.29) is 25.0 Å². The third-order valence-corrected chi connectivity index (χ3v) is 1.27. The molecular formula is C8H15NO4. The average molecular weight is 189 g/mol. The van der Waals surface area contributed by atoms with Crippen molar-refractivity contribution in [2.24, 2.45) is 5.92 Å². The Kier molecular flexibility index (Phi) is 5.67. The van der Waals surface area contributed by atoms with Gasteiger partial charge in [-0.25, -0.2) is 4.79 Å². The zero-order chi connectivity index (χ0) is 10.3. The molecule has 0 rings (SSSR count). The molecule has 0 bridgehead atoms. The molecule has 0 aromatic rings. The van der Waals surface area contributed by atoms with Crippen LogP contribution in [0, 0.1) is 5.92 Å². The third kappa shape index (κ3) is 5.95. The number of carbonyl (C=O) groups is 2. The Morgan fingerprint density at radius 1 is 1.38 bits per heavy atom. The monoisotopic (exact) mass is 189 g/mol. The van der Waals surface area contributed by atoms with Gasteiger partial charge in [-0.2, -0.15) is 0 Å². The molecule has 0 spiro atoms. The zero-order valence-electron chi connectivity index (χ0n) is 8.12. The second-order valence-corrected chi connectivity index (χ2v) is 2.74. The Hall–Kier alpha value is -1.26. The van der Waals surface area contributed by atoms with Gasteiger partial charge in [-0.05, 0) is 0 Å². The molecule has 5 heteroatoms. The molecule has 0 heterocycles. The first kappa shape index (κ1) is 11.7. The number of esters is 1. The number of hydrogen-bond donors (Lipinski definition) is 1. The summed E-state index contributed by atoms with van der Waals surface area (Å²) in [6, 6.07) is 0. The Morgan fingerprint density at radius 3 is 2.46 bits per heavy atom. The smallest absolute Gasteiger partial charge is 0.406 e. The largest absolute Gasteiger partial charge is 0.464 e. The highest BCUT2D eigenvalue weighted by Crippen LogP contribution is 1.94. The lowest BCUT2D eigenvalue weighted by Crippen LogP contribution is -2.28. The molecule has 5 nitrogen and oxygen atoms in total. The van der Waals surface area contributed by atoms with Gasteiger partial charge in [-0.3, -0.25) is 4.79 Å². The van der Waals surface area contributed by atoms with Gasteiger partial charge in [0.15, 0.2) is 0 Å². The number of ether oxygens (including phenoxy) is 2. The third-order valence-electron chi connectivity index (χ3n) is 1.27. The Balaban J connectivity index is 3.36. The molecular weight excluding hydrogens is 174 g/mol. The average Bonchev–Trinajstić information content (AvgIpc) is 2.11. The van der Waals surface area contributed by atoms with Gasteiger partial charge in [0.05, 0.1) is 19.6 Å². The maximum atomic E-state index is 10.9. The molecule has 0 saturated heterocycles. The maximum absolute atomic E-state index is 10.9. The molecule has 0 saturated carbocycles. The molecule has 0 aliphatic heterocycles. The van der Waals surface area contributed by atoms with Gasteiger partial charge in [0, 0.05) is 0 Å². The molecule has 0 aromatic carbocycles. The second kappa shape index (κ2) is 6.28. The van der Waals surface area contributed by atoms with E-state index in [0.717, 1.165) is 0 Å². The standard InChI is InChI=1S/C8H15NO4/c1-6(2)7(10)13-5-4-9-8(11)12-3/h6H,4-5H2,1-3H3,(H,9,11). The summed E-state index contributed by atoms with van der Waals surface area (Å²) >= 11 is 0. The lowest BCUT2D eigenvalue weighted by molar-refractivity contribution is -0.147. The van der Waals surface area contributed by atoms with E-state index in [1.165, 1.54) is 7.11 Å². The topological polar surface area (TPSA) is 64.6 Å². The lowest BCUT2D eigenvalue weighted by atomic mass is 10.2. The predicted molar refractivity (Wildman–Crippen MR) is 46.2 cm³/mol. The summed E-state index contributed by atoms with van der Waals surface area (Å²) in [5.41, 5.74) is 0. The van der Waals surface area contributed by atoms with Crippen LogP contribution < -0.4 is 5.32 Å². The van der Waals surface area contributed by atoms with E-state index in [0.29, 0.717) is 0 Å². The lowest BCUT2D eigenvalue weighted by Gasteiger charge is -2.07. The Labute approximate surface area is 77.4 Å². The van der Waals surface area contributed by atoms with E-state index in [9.17, 15) is 9.59 Å². The second-order valence-electron chi connectivity index (χ2n) is 2.74. The summed E-state index contributed by atoms with van der Waals surface area (Å²) in [7, 11) is 1.27. The molecule has 0 aliphatic carbocycles. The molecule has 0 fully saturated rings. The molecule has 1 N–H and O–H groups in total. The quantitative estimate of drug-likeness (QED) is 0.518. The van der Waals surface area contributed by atoms with Gasteiger partial charge in [-0.15, -0.1) is 0 Å². The van der Waals surface area contributed by atoms with Crippen LogP contribution in [0.5, 0.6) is 0 Å². The van der Waals surface area contributed by atoms with Crippen LogP contribution >= 0.6 is 0 Å². The van der Waals surface area contributed by atoms with E-state index in [2.05, 4.69) is 10.1 Å². The molecule has 0 aliphatic rings. The number of rotatable bonds is 4. The molecule has 0 atom stereocenters. The van der Waals surface area contributed by atoms with Crippen molar-refractivity contribution in [1.82, 2.24) is 5.32 Å². The summed E-state index contributed by atoms with van der Waals surface area (Å²) in [4.78, 5) is 21.4. The molecule has 76 valence electrons. The van der Waals surface area contributed by atoms with Crippen LogP contribution in [0.25, 0.3) is 0 Å². The first-order chi connectivity index (χ1) is 6.07. The van der Waals surface area contributed by atoms with E-state index in [1.807, 2.05) is 0 Å². The van der Waals surface area contributed by atoms with Crippen LogP contribution in [0.4, 0.5) is 4.79 Å². The Bertz CT molecular complexity index is 179. The van der Waals surface area contributed by atoms with Crippen molar-refractivity contribution in [3.05, 3.63) is 0 Å². The van der Waals surface area contributed by atoms with Crippen LogP contribution in [-0.2, 0) is 14.3 Å². The van der Waals surface area contributed by atoms with E-state index in [1.54, 1.807) is 13.8 Å². The van der Waals surface area contributed by atoms with Crippen LogP contribution in [0.3, 0.4) is 0 Å². The highest BCUT2D eigenvalue weighted by atomic mass is 16.5. The first-order valence-corrected chi connectivity index (χ1v) is 4.06. The number of carbonyl (C=O) groups excluding carboxylic acids is 2. The van der Waals surface area contributed by atoms with E-state index in [4.69, 9.17) is 4.74 Å². The van der Waals surface area contributed by atoms with Crippen molar-refractivity contribution in [1.29, 1.82) is 0 Å². The number of hydrogen-bond acceptors (Lipinski definition) is 4. The number of alkyl carbamates (subject to hydrolysis) is 1.